The summed E-state index contributed by atoms with van der Waals surface area (Å²) in [7, 11) is 0. The summed E-state index contributed by atoms with van der Waals surface area (Å²) in [6.45, 7) is 1.92. The van der Waals surface area contributed by atoms with Crippen molar-refractivity contribution in [2.24, 2.45) is 11.7 Å². The SMILES string of the molecule is NC(=O)C1CCN(C(=O)C2CNc3ccccc32)CC1. The van der Waals surface area contributed by atoms with Crippen molar-refractivity contribution in [3.05, 3.63) is 29.8 Å². The summed E-state index contributed by atoms with van der Waals surface area (Å²) >= 11 is 0. The number of anilines is 1. The number of piperidine rings is 1. The normalized spacial score (nSPS) is 22.2. The number of likely N-dealkylation sites (tertiary alicyclic amines) is 1. The number of nitrogens with two attached hydrogens (primary N) is 1. The zero-order valence-electron chi connectivity index (χ0n) is 11.3. The van der Waals surface area contributed by atoms with E-state index >= 15 is 0 Å². The summed E-state index contributed by atoms with van der Waals surface area (Å²) in [5.41, 5.74) is 7.45. The summed E-state index contributed by atoms with van der Waals surface area (Å²) in [6.07, 6.45) is 1.37. The Hall–Kier alpha value is -2.04. The Morgan fingerprint density at radius 3 is 2.60 bits per heavy atom. The highest BCUT2D eigenvalue weighted by Crippen LogP contribution is 2.33. The second-order valence-electron chi connectivity index (χ2n) is 5.52. The van der Waals surface area contributed by atoms with E-state index in [1.807, 2.05) is 29.2 Å². The molecule has 5 heteroatoms. The van der Waals surface area contributed by atoms with E-state index < -0.39 is 0 Å². The van der Waals surface area contributed by atoms with Gasteiger partial charge in [0.1, 0.15) is 0 Å². The molecule has 2 aliphatic heterocycles. The lowest BCUT2D eigenvalue weighted by atomic mass is 9.94. The highest BCUT2D eigenvalue weighted by atomic mass is 16.2. The number of amides is 2. The molecule has 0 bridgehead atoms. The summed E-state index contributed by atoms with van der Waals surface area (Å²) < 4.78 is 0. The molecule has 106 valence electrons. The van der Waals surface area contributed by atoms with E-state index in [4.69, 9.17) is 5.73 Å². The highest BCUT2D eigenvalue weighted by molar-refractivity contribution is 5.88. The third kappa shape index (κ3) is 2.24. The molecule has 1 aromatic carbocycles. The second kappa shape index (κ2) is 5.15. The fraction of sp³-hybridized carbons (Fsp3) is 0.467. The molecule has 3 rings (SSSR count). The van der Waals surface area contributed by atoms with E-state index in [1.54, 1.807) is 0 Å². The summed E-state index contributed by atoms with van der Waals surface area (Å²) in [5, 5.41) is 3.28. The fourth-order valence-electron chi connectivity index (χ4n) is 3.11. The molecule has 5 nitrogen and oxygen atoms in total. The molecule has 0 aliphatic carbocycles. The second-order valence-corrected chi connectivity index (χ2v) is 5.52. The molecule has 2 heterocycles. The number of para-hydroxylation sites is 1. The average molecular weight is 273 g/mol. The molecule has 0 aromatic heterocycles. The van der Waals surface area contributed by atoms with Gasteiger partial charge in [-0.3, -0.25) is 9.59 Å². The van der Waals surface area contributed by atoms with Crippen LogP contribution in [0.2, 0.25) is 0 Å². The van der Waals surface area contributed by atoms with Crippen LogP contribution in [0.1, 0.15) is 24.3 Å². The lowest BCUT2D eigenvalue weighted by Gasteiger charge is -2.32. The van der Waals surface area contributed by atoms with E-state index in [1.165, 1.54) is 0 Å². The quantitative estimate of drug-likeness (QED) is 0.841. The summed E-state index contributed by atoms with van der Waals surface area (Å²) in [6, 6.07) is 7.94. The Balaban J connectivity index is 1.68. The van der Waals surface area contributed by atoms with Crippen molar-refractivity contribution >= 4 is 17.5 Å². The topological polar surface area (TPSA) is 75.4 Å². The Kier molecular flexibility index (Phi) is 3.34. The molecule has 1 aromatic rings. The van der Waals surface area contributed by atoms with Gasteiger partial charge in [0.05, 0.1) is 5.92 Å². The number of hydrogen-bond acceptors (Lipinski definition) is 3. The first-order valence-corrected chi connectivity index (χ1v) is 7.07. The predicted octanol–water partition coefficient (Wildman–Crippen LogP) is 0.920. The van der Waals surface area contributed by atoms with Crippen LogP contribution in [-0.2, 0) is 9.59 Å². The number of nitrogens with one attached hydrogen (secondary N) is 1. The number of rotatable bonds is 2. The zero-order valence-corrected chi connectivity index (χ0v) is 11.3. The molecular formula is C15H19N3O2. The first kappa shape index (κ1) is 13.0. The lowest BCUT2D eigenvalue weighted by Crippen LogP contribution is -2.44. The van der Waals surface area contributed by atoms with Crippen molar-refractivity contribution in [2.75, 3.05) is 25.0 Å². The van der Waals surface area contributed by atoms with Crippen molar-refractivity contribution in [1.82, 2.24) is 4.90 Å². The van der Waals surface area contributed by atoms with Crippen LogP contribution in [-0.4, -0.2) is 36.3 Å². The molecule has 1 unspecified atom stereocenters. The van der Waals surface area contributed by atoms with Crippen LogP contribution in [0.3, 0.4) is 0 Å². The number of hydrogen-bond donors (Lipinski definition) is 2. The van der Waals surface area contributed by atoms with Gasteiger partial charge in [0, 0.05) is 31.2 Å². The number of nitrogens with zero attached hydrogens (tertiary/aromatic N) is 1. The van der Waals surface area contributed by atoms with Gasteiger partial charge in [0.25, 0.3) is 0 Å². The summed E-state index contributed by atoms with van der Waals surface area (Å²) in [4.78, 5) is 25.6. The number of fused-ring (bicyclic) bond motifs is 1. The Morgan fingerprint density at radius 1 is 1.20 bits per heavy atom. The molecule has 2 amide bonds. The van der Waals surface area contributed by atoms with Crippen molar-refractivity contribution in [2.45, 2.75) is 18.8 Å². The minimum absolute atomic E-state index is 0.0759. The van der Waals surface area contributed by atoms with Gasteiger partial charge in [-0.1, -0.05) is 18.2 Å². The maximum atomic E-state index is 12.6. The number of primary amides is 1. The average Bonchev–Trinajstić information content (AvgIpc) is 2.90. The Labute approximate surface area is 118 Å². The van der Waals surface area contributed by atoms with Crippen LogP contribution in [0.15, 0.2) is 24.3 Å². The van der Waals surface area contributed by atoms with Gasteiger partial charge in [0.15, 0.2) is 0 Å². The molecular weight excluding hydrogens is 254 g/mol. The predicted molar refractivity (Wildman–Crippen MR) is 76.2 cm³/mol. The summed E-state index contributed by atoms with van der Waals surface area (Å²) in [5.74, 6) is -0.264. The first-order valence-electron chi connectivity index (χ1n) is 7.07. The van der Waals surface area contributed by atoms with E-state index in [-0.39, 0.29) is 23.7 Å². The molecule has 2 aliphatic rings. The van der Waals surface area contributed by atoms with Gasteiger partial charge < -0.3 is 16.0 Å². The highest BCUT2D eigenvalue weighted by Gasteiger charge is 2.34. The lowest BCUT2D eigenvalue weighted by molar-refractivity contribution is -0.135. The molecule has 0 radical (unpaired) electrons. The Morgan fingerprint density at radius 2 is 1.90 bits per heavy atom. The van der Waals surface area contributed by atoms with Gasteiger partial charge >= 0.3 is 0 Å². The van der Waals surface area contributed by atoms with E-state index in [9.17, 15) is 9.59 Å². The van der Waals surface area contributed by atoms with Crippen LogP contribution >= 0.6 is 0 Å². The van der Waals surface area contributed by atoms with Crippen molar-refractivity contribution < 1.29 is 9.59 Å². The number of benzene rings is 1. The van der Waals surface area contributed by atoms with Crippen LogP contribution in [0.25, 0.3) is 0 Å². The first-order chi connectivity index (χ1) is 9.66. The van der Waals surface area contributed by atoms with Gasteiger partial charge in [-0.25, -0.2) is 0 Å². The Bertz CT molecular complexity index is 536. The van der Waals surface area contributed by atoms with E-state index in [0.29, 0.717) is 32.5 Å². The van der Waals surface area contributed by atoms with Crippen LogP contribution < -0.4 is 11.1 Å². The van der Waals surface area contributed by atoms with Gasteiger partial charge in [0.2, 0.25) is 11.8 Å². The maximum absolute atomic E-state index is 12.6. The maximum Gasteiger partial charge on any atom is 0.231 e. The van der Waals surface area contributed by atoms with Crippen molar-refractivity contribution in [3.8, 4) is 0 Å². The molecule has 0 spiro atoms. The third-order valence-corrected chi connectivity index (χ3v) is 4.34. The molecule has 1 saturated heterocycles. The smallest absolute Gasteiger partial charge is 0.231 e. The monoisotopic (exact) mass is 273 g/mol. The number of carbonyl (C=O) groups excluding carboxylic acids is 2. The van der Waals surface area contributed by atoms with Crippen LogP contribution in [0.5, 0.6) is 0 Å². The van der Waals surface area contributed by atoms with Gasteiger partial charge in [-0.15, -0.1) is 0 Å². The number of carbonyl (C=O) groups is 2. The molecule has 0 saturated carbocycles. The van der Waals surface area contributed by atoms with Crippen molar-refractivity contribution in [3.63, 3.8) is 0 Å². The molecule has 20 heavy (non-hydrogen) atoms. The standard InChI is InChI=1S/C15H19N3O2/c16-14(19)10-5-7-18(8-6-10)15(20)12-9-17-13-4-2-1-3-11(12)13/h1-4,10,12,17H,5-9H2,(H2,16,19). The van der Waals surface area contributed by atoms with Gasteiger partial charge in [-0.2, -0.15) is 0 Å². The molecule has 3 N–H and O–H groups in total. The minimum atomic E-state index is -0.245. The third-order valence-electron chi connectivity index (χ3n) is 4.34. The van der Waals surface area contributed by atoms with Crippen LogP contribution in [0.4, 0.5) is 5.69 Å². The minimum Gasteiger partial charge on any atom is -0.384 e. The van der Waals surface area contributed by atoms with E-state index in [0.717, 1.165) is 11.3 Å². The molecule has 1 fully saturated rings. The van der Waals surface area contributed by atoms with E-state index in [2.05, 4.69) is 5.32 Å². The molecule has 1 atom stereocenters. The van der Waals surface area contributed by atoms with Crippen LogP contribution in [0, 0.1) is 5.92 Å². The largest absolute Gasteiger partial charge is 0.384 e. The van der Waals surface area contributed by atoms with Crippen molar-refractivity contribution in [1.29, 1.82) is 0 Å². The van der Waals surface area contributed by atoms with Gasteiger partial charge in [-0.05, 0) is 24.5 Å². The fourth-order valence-corrected chi connectivity index (χ4v) is 3.11. The zero-order chi connectivity index (χ0) is 14.1.